The van der Waals surface area contributed by atoms with Gasteiger partial charge in [-0.15, -0.1) is 0 Å². The predicted octanol–water partition coefficient (Wildman–Crippen LogP) is 6.76. The number of imide groups is 1. The number of benzene rings is 3. The summed E-state index contributed by atoms with van der Waals surface area (Å²) in [5.74, 6) is 0.405. The number of rotatable bonds is 6. The number of amides is 2. The SMILES string of the molecule is O=C1S/C(=C/c2cccc(OCc3ccc(Cl)cc3)c2)C(=O)N1Cc1ccc(I)cc1. The molecule has 0 aromatic heterocycles. The highest BCUT2D eigenvalue weighted by molar-refractivity contribution is 14.1. The fourth-order valence-corrected chi connectivity index (χ4v) is 4.33. The van der Waals surface area contributed by atoms with Crippen molar-refractivity contribution in [2.75, 3.05) is 0 Å². The molecule has 1 fully saturated rings. The zero-order valence-corrected chi connectivity index (χ0v) is 20.0. The van der Waals surface area contributed by atoms with Crippen LogP contribution < -0.4 is 4.74 Å². The molecule has 1 heterocycles. The number of hydrogen-bond donors (Lipinski definition) is 0. The van der Waals surface area contributed by atoms with Crippen LogP contribution in [0.5, 0.6) is 5.75 Å². The number of ether oxygens (including phenoxy) is 1. The summed E-state index contributed by atoms with van der Waals surface area (Å²) in [6.45, 7) is 0.677. The fourth-order valence-electron chi connectivity index (χ4n) is 3.00. The highest BCUT2D eigenvalue weighted by atomic mass is 127. The molecule has 3 aromatic carbocycles. The Hall–Kier alpha value is -2.29. The summed E-state index contributed by atoms with van der Waals surface area (Å²) in [7, 11) is 0. The molecule has 0 N–H and O–H groups in total. The second-order valence-corrected chi connectivity index (χ2v) is 9.56. The zero-order valence-electron chi connectivity index (χ0n) is 16.3. The Morgan fingerprint density at radius 2 is 1.68 bits per heavy atom. The minimum absolute atomic E-state index is 0.259. The lowest BCUT2D eigenvalue weighted by atomic mass is 10.2. The molecule has 1 aliphatic rings. The van der Waals surface area contributed by atoms with Crippen LogP contribution in [0.3, 0.4) is 0 Å². The van der Waals surface area contributed by atoms with Crippen LogP contribution in [-0.2, 0) is 17.9 Å². The van der Waals surface area contributed by atoms with E-state index in [4.69, 9.17) is 16.3 Å². The summed E-state index contributed by atoms with van der Waals surface area (Å²) in [6, 6.07) is 22.7. The van der Waals surface area contributed by atoms with Crippen LogP contribution in [0, 0.1) is 3.57 Å². The van der Waals surface area contributed by atoms with E-state index in [2.05, 4.69) is 22.6 Å². The van der Waals surface area contributed by atoms with Crippen LogP contribution in [0.2, 0.25) is 5.02 Å². The maximum atomic E-state index is 12.8. The molecular weight excluding hydrogens is 545 g/mol. The van der Waals surface area contributed by atoms with Gasteiger partial charge in [-0.05, 0) is 93.5 Å². The van der Waals surface area contributed by atoms with Crippen LogP contribution >= 0.6 is 46.0 Å². The summed E-state index contributed by atoms with van der Waals surface area (Å²) >= 11 is 9.09. The van der Waals surface area contributed by atoms with Crippen molar-refractivity contribution in [3.05, 3.63) is 103 Å². The molecule has 1 saturated heterocycles. The Kier molecular flexibility index (Phi) is 6.99. The highest BCUT2D eigenvalue weighted by Crippen LogP contribution is 2.33. The quantitative estimate of drug-likeness (QED) is 0.246. The first-order chi connectivity index (χ1) is 15.0. The lowest BCUT2D eigenvalue weighted by Gasteiger charge is -2.12. The monoisotopic (exact) mass is 561 g/mol. The summed E-state index contributed by atoms with van der Waals surface area (Å²) in [5.41, 5.74) is 2.72. The molecule has 0 atom stereocenters. The molecule has 3 aromatic rings. The van der Waals surface area contributed by atoms with E-state index in [1.54, 1.807) is 6.08 Å². The zero-order chi connectivity index (χ0) is 21.8. The number of thioether (sulfide) groups is 1. The van der Waals surface area contributed by atoms with Gasteiger partial charge in [0.2, 0.25) is 0 Å². The van der Waals surface area contributed by atoms with Gasteiger partial charge in [0.1, 0.15) is 12.4 Å². The van der Waals surface area contributed by atoms with Crippen LogP contribution in [0.1, 0.15) is 16.7 Å². The molecule has 0 aliphatic carbocycles. The topological polar surface area (TPSA) is 46.6 Å². The van der Waals surface area contributed by atoms with Gasteiger partial charge in [0.15, 0.2) is 0 Å². The van der Waals surface area contributed by atoms with Crippen molar-refractivity contribution in [3.63, 3.8) is 0 Å². The van der Waals surface area contributed by atoms with Crippen molar-refractivity contribution < 1.29 is 14.3 Å². The number of carbonyl (C=O) groups excluding carboxylic acids is 2. The molecule has 4 nitrogen and oxygen atoms in total. The average Bonchev–Trinajstić information content (AvgIpc) is 3.02. The van der Waals surface area contributed by atoms with E-state index < -0.39 is 0 Å². The van der Waals surface area contributed by atoms with Gasteiger partial charge in [0, 0.05) is 8.59 Å². The highest BCUT2D eigenvalue weighted by Gasteiger charge is 2.34. The van der Waals surface area contributed by atoms with E-state index in [0.29, 0.717) is 22.3 Å². The number of carbonyl (C=O) groups is 2. The predicted molar refractivity (Wildman–Crippen MR) is 133 cm³/mol. The third-order valence-corrected chi connectivity index (χ3v) is 6.48. The molecular formula is C24H17ClINO3S. The van der Waals surface area contributed by atoms with E-state index in [9.17, 15) is 9.59 Å². The molecule has 1 aliphatic heterocycles. The molecule has 0 unspecified atom stereocenters. The van der Waals surface area contributed by atoms with Gasteiger partial charge in [-0.3, -0.25) is 14.5 Å². The normalized spacial score (nSPS) is 15.0. The first-order valence-electron chi connectivity index (χ1n) is 9.45. The van der Waals surface area contributed by atoms with Gasteiger partial charge >= 0.3 is 0 Å². The first kappa shape index (κ1) is 21.9. The maximum absolute atomic E-state index is 12.8. The van der Waals surface area contributed by atoms with E-state index in [1.165, 1.54) is 4.90 Å². The summed E-state index contributed by atoms with van der Waals surface area (Å²) in [4.78, 5) is 26.9. The number of hydrogen-bond acceptors (Lipinski definition) is 4. The Morgan fingerprint density at radius 3 is 2.42 bits per heavy atom. The van der Waals surface area contributed by atoms with Crippen molar-refractivity contribution in [3.8, 4) is 5.75 Å². The van der Waals surface area contributed by atoms with Crippen molar-refractivity contribution >= 4 is 63.2 Å². The average molecular weight is 562 g/mol. The number of halogens is 2. The molecule has 156 valence electrons. The molecule has 7 heteroatoms. The standard InChI is InChI=1S/C24H17ClINO3S/c25-19-8-4-17(5-9-19)15-30-21-3-1-2-18(12-21)13-22-23(28)27(24(29)31-22)14-16-6-10-20(26)11-7-16/h1-13H,14-15H2/b22-13+. The van der Waals surface area contributed by atoms with Crippen LogP contribution in [0.15, 0.2) is 77.7 Å². The van der Waals surface area contributed by atoms with E-state index in [1.807, 2.05) is 72.8 Å². The van der Waals surface area contributed by atoms with Crippen molar-refractivity contribution in [2.45, 2.75) is 13.2 Å². The van der Waals surface area contributed by atoms with Crippen LogP contribution in [-0.4, -0.2) is 16.0 Å². The molecule has 0 spiro atoms. The maximum Gasteiger partial charge on any atom is 0.293 e. The third-order valence-electron chi connectivity index (χ3n) is 4.60. The summed E-state index contributed by atoms with van der Waals surface area (Å²) in [5, 5.41) is 0.423. The van der Waals surface area contributed by atoms with Gasteiger partial charge in [-0.1, -0.05) is 48.0 Å². The van der Waals surface area contributed by atoms with E-state index in [-0.39, 0.29) is 17.7 Å². The van der Waals surface area contributed by atoms with Gasteiger partial charge in [0.25, 0.3) is 11.1 Å². The smallest absolute Gasteiger partial charge is 0.293 e. The Morgan fingerprint density at radius 1 is 0.968 bits per heavy atom. The van der Waals surface area contributed by atoms with Crippen LogP contribution in [0.25, 0.3) is 6.08 Å². The molecule has 2 amide bonds. The van der Waals surface area contributed by atoms with E-state index >= 15 is 0 Å². The van der Waals surface area contributed by atoms with Gasteiger partial charge in [-0.25, -0.2) is 0 Å². The number of nitrogens with zero attached hydrogens (tertiary/aromatic N) is 1. The third kappa shape index (κ3) is 5.70. The minimum atomic E-state index is -0.277. The van der Waals surface area contributed by atoms with Crippen molar-refractivity contribution in [1.82, 2.24) is 4.90 Å². The molecule has 4 rings (SSSR count). The van der Waals surface area contributed by atoms with Gasteiger partial charge in [0.05, 0.1) is 11.4 Å². The van der Waals surface area contributed by atoms with Crippen LogP contribution in [0.4, 0.5) is 4.79 Å². The largest absolute Gasteiger partial charge is 0.489 e. The second kappa shape index (κ2) is 9.89. The Balaban J connectivity index is 1.44. The molecule has 0 radical (unpaired) electrons. The van der Waals surface area contributed by atoms with Crippen molar-refractivity contribution in [1.29, 1.82) is 0 Å². The van der Waals surface area contributed by atoms with Gasteiger partial charge in [-0.2, -0.15) is 0 Å². The Bertz CT molecular complexity index is 1150. The molecule has 31 heavy (non-hydrogen) atoms. The molecule has 0 saturated carbocycles. The molecule has 0 bridgehead atoms. The lowest BCUT2D eigenvalue weighted by Crippen LogP contribution is -2.27. The Labute approximate surface area is 203 Å². The van der Waals surface area contributed by atoms with Crippen molar-refractivity contribution in [2.24, 2.45) is 0 Å². The van der Waals surface area contributed by atoms with Gasteiger partial charge < -0.3 is 4.74 Å². The minimum Gasteiger partial charge on any atom is -0.489 e. The summed E-state index contributed by atoms with van der Waals surface area (Å²) in [6.07, 6.45) is 1.73. The first-order valence-corrected chi connectivity index (χ1v) is 11.7. The second-order valence-electron chi connectivity index (χ2n) is 6.88. The summed E-state index contributed by atoms with van der Waals surface area (Å²) < 4.78 is 6.96. The van der Waals surface area contributed by atoms with E-state index in [0.717, 1.165) is 32.0 Å². The lowest BCUT2D eigenvalue weighted by molar-refractivity contribution is -0.123. The fraction of sp³-hybridized carbons (Fsp3) is 0.0833.